The second-order valence-electron chi connectivity index (χ2n) is 7.65. The van der Waals surface area contributed by atoms with Crippen LogP contribution in [0.5, 0.6) is 0 Å². The number of carbonyl (C=O) groups is 2. The molecule has 7 nitrogen and oxygen atoms in total. The fraction of sp³-hybridized carbons (Fsp3) is 0.545. The van der Waals surface area contributed by atoms with Gasteiger partial charge in [0.15, 0.2) is 0 Å². The van der Waals surface area contributed by atoms with Crippen molar-refractivity contribution in [2.45, 2.75) is 51.9 Å². The van der Waals surface area contributed by atoms with E-state index in [4.69, 9.17) is 0 Å². The van der Waals surface area contributed by atoms with Gasteiger partial charge in [-0.05, 0) is 69.6 Å². The molecule has 2 N–H and O–H groups in total. The molecule has 0 atom stereocenters. The summed E-state index contributed by atoms with van der Waals surface area (Å²) in [7, 11) is 0. The van der Waals surface area contributed by atoms with Gasteiger partial charge in [0.25, 0.3) is 11.8 Å². The highest BCUT2D eigenvalue weighted by molar-refractivity contribution is 7.13. The molecule has 0 aliphatic carbocycles. The third kappa shape index (κ3) is 6.88. The van der Waals surface area contributed by atoms with E-state index in [1.54, 1.807) is 24.3 Å². The molecule has 162 valence electrons. The number of hydrogen-bond donors (Lipinski definition) is 2. The first-order valence-corrected chi connectivity index (χ1v) is 11.7. The van der Waals surface area contributed by atoms with Gasteiger partial charge in [0.2, 0.25) is 5.01 Å². The number of carbonyl (C=O) groups excluding carboxylic acids is 2. The predicted molar refractivity (Wildman–Crippen MR) is 120 cm³/mol. The minimum atomic E-state index is -0.277. The number of nitrogens with one attached hydrogen (secondary N) is 2. The van der Waals surface area contributed by atoms with Crippen molar-refractivity contribution in [2.24, 2.45) is 0 Å². The van der Waals surface area contributed by atoms with E-state index in [0.717, 1.165) is 30.8 Å². The van der Waals surface area contributed by atoms with Gasteiger partial charge in [-0.1, -0.05) is 31.1 Å². The molecular formula is C22H31N5O2S. The molecule has 1 aromatic carbocycles. The number of benzene rings is 1. The predicted octanol–water partition coefficient (Wildman–Crippen LogP) is 3.74. The van der Waals surface area contributed by atoms with Crippen LogP contribution in [-0.2, 0) is 6.42 Å². The van der Waals surface area contributed by atoms with Crippen molar-refractivity contribution >= 4 is 28.8 Å². The van der Waals surface area contributed by atoms with Crippen LogP contribution in [0, 0.1) is 0 Å². The number of amides is 2. The summed E-state index contributed by atoms with van der Waals surface area (Å²) < 4.78 is 0. The monoisotopic (exact) mass is 429 g/mol. The van der Waals surface area contributed by atoms with Crippen molar-refractivity contribution in [2.75, 3.05) is 31.5 Å². The molecule has 0 unspecified atom stereocenters. The SMILES string of the molecule is CCCc1nnc(C(=O)Nc2ccc(C(=O)NCCCN3CCCCCC3)cc2)s1. The second kappa shape index (κ2) is 11.8. The Morgan fingerprint density at radius 2 is 1.77 bits per heavy atom. The molecule has 0 bridgehead atoms. The first-order valence-electron chi connectivity index (χ1n) is 10.9. The highest BCUT2D eigenvalue weighted by Crippen LogP contribution is 2.15. The minimum Gasteiger partial charge on any atom is -0.352 e. The maximum absolute atomic E-state index is 12.3. The van der Waals surface area contributed by atoms with Crippen molar-refractivity contribution in [1.82, 2.24) is 20.4 Å². The molecule has 0 radical (unpaired) electrons. The number of anilines is 1. The highest BCUT2D eigenvalue weighted by atomic mass is 32.1. The first-order chi connectivity index (χ1) is 14.7. The number of aryl methyl sites for hydroxylation is 1. The zero-order valence-corrected chi connectivity index (χ0v) is 18.5. The molecule has 1 saturated heterocycles. The molecule has 0 saturated carbocycles. The number of rotatable bonds is 9. The lowest BCUT2D eigenvalue weighted by Crippen LogP contribution is -2.30. The van der Waals surface area contributed by atoms with Crippen molar-refractivity contribution in [3.8, 4) is 0 Å². The molecule has 1 fully saturated rings. The summed E-state index contributed by atoms with van der Waals surface area (Å²) in [5.74, 6) is -0.363. The average Bonchev–Trinajstić information content (AvgIpc) is 3.07. The van der Waals surface area contributed by atoms with Gasteiger partial charge in [0.1, 0.15) is 5.01 Å². The third-order valence-corrected chi connectivity index (χ3v) is 6.15. The fourth-order valence-corrected chi connectivity index (χ4v) is 4.35. The standard InChI is InChI=1S/C22H31N5O2S/c1-2-8-19-25-26-22(30-19)21(29)24-18-11-9-17(10-12-18)20(28)23-13-7-16-27-14-5-3-4-6-15-27/h9-12H,2-8,13-16H2,1H3,(H,23,28)(H,24,29). The van der Waals surface area contributed by atoms with Gasteiger partial charge in [0, 0.05) is 24.2 Å². The zero-order chi connectivity index (χ0) is 21.2. The summed E-state index contributed by atoms with van der Waals surface area (Å²) in [4.78, 5) is 27.1. The molecule has 0 spiro atoms. The maximum atomic E-state index is 12.3. The number of nitrogens with zero attached hydrogens (tertiary/aromatic N) is 3. The maximum Gasteiger partial charge on any atom is 0.286 e. The quantitative estimate of drug-likeness (QED) is 0.593. The molecule has 8 heteroatoms. The Kier molecular flexibility index (Phi) is 8.77. The van der Waals surface area contributed by atoms with Gasteiger partial charge in [-0.25, -0.2) is 0 Å². The molecule has 3 rings (SSSR count). The van der Waals surface area contributed by atoms with E-state index >= 15 is 0 Å². The van der Waals surface area contributed by atoms with Gasteiger partial charge < -0.3 is 15.5 Å². The van der Waals surface area contributed by atoms with E-state index < -0.39 is 0 Å². The lowest BCUT2D eigenvalue weighted by atomic mass is 10.2. The number of hydrogen-bond acceptors (Lipinski definition) is 6. The van der Waals surface area contributed by atoms with Crippen LogP contribution < -0.4 is 10.6 Å². The number of aromatic nitrogens is 2. The van der Waals surface area contributed by atoms with Crippen molar-refractivity contribution in [1.29, 1.82) is 0 Å². The summed E-state index contributed by atoms with van der Waals surface area (Å²) in [6.45, 7) is 6.13. The van der Waals surface area contributed by atoms with Gasteiger partial charge in [-0.3, -0.25) is 9.59 Å². The summed E-state index contributed by atoms with van der Waals surface area (Å²) in [5, 5.41) is 15.0. The molecule has 2 amide bonds. The Morgan fingerprint density at radius 3 is 2.47 bits per heavy atom. The van der Waals surface area contributed by atoms with Gasteiger partial charge in [0.05, 0.1) is 0 Å². The van der Waals surface area contributed by atoms with Gasteiger partial charge in [-0.2, -0.15) is 0 Å². The second-order valence-corrected chi connectivity index (χ2v) is 8.71. The zero-order valence-electron chi connectivity index (χ0n) is 17.7. The minimum absolute atomic E-state index is 0.0860. The Hall–Kier alpha value is -2.32. The summed E-state index contributed by atoms with van der Waals surface area (Å²) >= 11 is 1.31. The largest absolute Gasteiger partial charge is 0.352 e. The summed E-state index contributed by atoms with van der Waals surface area (Å²) in [6, 6.07) is 6.92. The van der Waals surface area contributed by atoms with Crippen LogP contribution in [0.1, 0.15) is 70.6 Å². The Balaban J connectivity index is 1.41. The van der Waals surface area contributed by atoms with Crippen LogP contribution in [0.3, 0.4) is 0 Å². The lowest BCUT2D eigenvalue weighted by Gasteiger charge is -2.19. The van der Waals surface area contributed by atoms with Crippen LogP contribution >= 0.6 is 11.3 Å². The van der Waals surface area contributed by atoms with E-state index in [-0.39, 0.29) is 11.8 Å². The van der Waals surface area contributed by atoms with Gasteiger partial charge in [-0.15, -0.1) is 10.2 Å². The van der Waals surface area contributed by atoms with Crippen molar-refractivity contribution in [3.05, 3.63) is 39.8 Å². The molecule has 30 heavy (non-hydrogen) atoms. The molecule has 1 aliphatic heterocycles. The highest BCUT2D eigenvalue weighted by Gasteiger charge is 2.13. The Labute approximate surface area is 182 Å². The molecule has 2 heterocycles. The average molecular weight is 430 g/mol. The van der Waals surface area contributed by atoms with Crippen molar-refractivity contribution < 1.29 is 9.59 Å². The molecule has 2 aromatic rings. The molecular weight excluding hydrogens is 398 g/mol. The van der Waals surface area contributed by atoms with E-state index in [9.17, 15) is 9.59 Å². The van der Waals surface area contributed by atoms with Gasteiger partial charge >= 0.3 is 0 Å². The van der Waals surface area contributed by atoms with Crippen LogP contribution in [0.25, 0.3) is 0 Å². The summed E-state index contributed by atoms with van der Waals surface area (Å²) in [6.07, 6.45) is 8.00. The van der Waals surface area contributed by atoms with E-state index in [1.165, 1.54) is 50.1 Å². The summed E-state index contributed by atoms with van der Waals surface area (Å²) in [5.41, 5.74) is 1.22. The molecule has 1 aliphatic rings. The van der Waals surface area contributed by atoms with E-state index in [2.05, 4.69) is 32.7 Å². The normalized spacial score (nSPS) is 14.8. The van der Waals surface area contributed by atoms with Crippen LogP contribution in [0.2, 0.25) is 0 Å². The third-order valence-electron chi connectivity index (χ3n) is 5.17. The molecule has 1 aromatic heterocycles. The van der Waals surface area contributed by atoms with Crippen LogP contribution in [0.15, 0.2) is 24.3 Å². The number of likely N-dealkylation sites (tertiary alicyclic amines) is 1. The van der Waals surface area contributed by atoms with Crippen molar-refractivity contribution in [3.63, 3.8) is 0 Å². The fourth-order valence-electron chi connectivity index (χ4n) is 3.52. The Bertz CT molecular complexity index is 813. The topological polar surface area (TPSA) is 87.2 Å². The Morgan fingerprint density at radius 1 is 1.03 bits per heavy atom. The first kappa shape index (κ1) is 22.4. The van der Waals surface area contributed by atoms with E-state index in [1.807, 2.05) is 0 Å². The van der Waals surface area contributed by atoms with E-state index in [0.29, 0.717) is 22.8 Å². The van der Waals surface area contributed by atoms with Crippen LogP contribution in [0.4, 0.5) is 5.69 Å². The smallest absolute Gasteiger partial charge is 0.286 e. The van der Waals surface area contributed by atoms with Crippen LogP contribution in [-0.4, -0.2) is 53.1 Å². The lowest BCUT2D eigenvalue weighted by molar-refractivity contribution is 0.0951.